The molecule has 6 heteroatoms. The number of benzene rings is 2. The maximum atomic E-state index is 11.8. The maximum Gasteiger partial charge on any atom is 0.311 e. The summed E-state index contributed by atoms with van der Waals surface area (Å²) < 4.78 is 5.55. The van der Waals surface area contributed by atoms with Crippen molar-refractivity contribution in [2.24, 2.45) is 0 Å². The minimum Gasteiger partial charge on any atom is -0.450 e. The number of carbonyl (C=O) groups is 1. The Balaban J connectivity index is 2.25. The largest absolute Gasteiger partial charge is 0.450 e. The van der Waals surface area contributed by atoms with Gasteiger partial charge in [0.15, 0.2) is 0 Å². The van der Waals surface area contributed by atoms with Gasteiger partial charge in [0.05, 0.1) is 4.92 Å². The molecule has 0 unspecified atom stereocenters. The molecule has 114 valence electrons. The molecule has 0 saturated heterocycles. The lowest BCUT2D eigenvalue weighted by atomic mass is 10.2. The van der Waals surface area contributed by atoms with Crippen LogP contribution in [0, 0.1) is 17.0 Å². The van der Waals surface area contributed by atoms with Gasteiger partial charge < -0.3 is 9.64 Å². The van der Waals surface area contributed by atoms with Crippen LogP contribution in [-0.4, -0.2) is 29.8 Å². The lowest BCUT2D eigenvalue weighted by molar-refractivity contribution is -0.385. The molecule has 0 heterocycles. The normalized spacial score (nSPS) is 10.1. The number of ether oxygens (including phenoxy) is 1. The van der Waals surface area contributed by atoms with E-state index in [1.54, 1.807) is 57.4 Å². The van der Waals surface area contributed by atoms with Crippen LogP contribution in [-0.2, 0) is 0 Å². The number of nitro benzene ring substituents is 1. The fourth-order valence-electron chi connectivity index (χ4n) is 1.91. The van der Waals surface area contributed by atoms with E-state index in [4.69, 9.17) is 4.74 Å². The van der Waals surface area contributed by atoms with E-state index in [0.717, 1.165) is 5.56 Å². The van der Waals surface area contributed by atoms with Gasteiger partial charge in [-0.25, -0.2) is 0 Å². The molecule has 0 bridgehead atoms. The van der Waals surface area contributed by atoms with Crippen molar-refractivity contribution in [1.29, 1.82) is 0 Å². The van der Waals surface area contributed by atoms with E-state index in [2.05, 4.69) is 0 Å². The molecule has 0 atom stereocenters. The van der Waals surface area contributed by atoms with E-state index in [-0.39, 0.29) is 17.3 Å². The minimum atomic E-state index is -0.480. The first-order valence-electron chi connectivity index (χ1n) is 6.63. The molecule has 0 aliphatic rings. The number of aryl methyl sites for hydroxylation is 1. The van der Waals surface area contributed by atoms with Crippen LogP contribution in [0.3, 0.4) is 0 Å². The molecule has 0 spiro atoms. The number of hydrogen-bond donors (Lipinski definition) is 0. The highest BCUT2D eigenvalue weighted by atomic mass is 16.6. The second-order valence-electron chi connectivity index (χ2n) is 5.05. The van der Waals surface area contributed by atoms with E-state index in [9.17, 15) is 14.9 Å². The number of nitrogens with zero attached hydrogens (tertiary/aromatic N) is 2. The van der Waals surface area contributed by atoms with Gasteiger partial charge in [-0.05, 0) is 42.8 Å². The third-order valence-corrected chi connectivity index (χ3v) is 3.05. The molecular formula is C16H16N2O4. The molecule has 0 aliphatic carbocycles. The zero-order chi connectivity index (χ0) is 16.3. The van der Waals surface area contributed by atoms with Gasteiger partial charge in [-0.1, -0.05) is 6.07 Å². The second kappa shape index (κ2) is 6.26. The van der Waals surface area contributed by atoms with Crippen LogP contribution < -0.4 is 4.74 Å². The van der Waals surface area contributed by atoms with Gasteiger partial charge in [-0.2, -0.15) is 0 Å². The summed E-state index contributed by atoms with van der Waals surface area (Å²) in [6.45, 7) is 1.78. The Kier molecular flexibility index (Phi) is 4.41. The topological polar surface area (TPSA) is 72.7 Å². The van der Waals surface area contributed by atoms with Crippen molar-refractivity contribution in [2.75, 3.05) is 14.1 Å². The van der Waals surface area contributed by atoms with Crippen molar-refractivity contribution in [1.82, 2.24) is 4.90 Å². The Bertz CT molecular complexity index is 709. The Morgan fingerprint density at radius 2 is 1.77 bits per heavy atom. The van der Waals surface area contributed by atoms with E-state index >= 15 is 0 Å². The van der Waals surface area contributed by atoms with Crippen molar-refractivity contribution in [3.05, 3.63) is 63.7 Å². The number of nitro groups is 1. The van der Waals surface area contributed by atoms with Crippen LogP contribution in [0.4, 0.5) is 5.69 Å². The Hall–Kier alpha value is -2.89. The quantitative estimate of drug-likeness (QED) is 0.641. The first-order valence-corrected chi connectivity index (χ1v) is 6.63. The molecule has 2 aromatic carbocycles. The molecule has 22 heavy (non-hydrogen) atoms. The lowest BCUT2D eigenvalue weighted by Gasteiger charge is -2.11. The van der Waals surface area contributed by atoms with Gasteiger partial charge in [-0.3, -0.25) is 14.9 Å². The fourth-order valence-corrected chi connectivity index (χ4v) is 1.91. The maximum absolute atomic E-state index is 11.8. The van der Waals surface area contributed by atoms with Crippen molar-refractivity contribution in [3.8, 4) is 11.5 Å². The highest BCUT2D eigenvalue weighted by Crippen LogP contribution is 2.32. The van der Waals surface area contributed by atoms with Crippen LogP contribution in [0.5, 0.6) is 11.5 Å². The summed E-state index contributed by atoms with van der Waals surface area (Å²) in [7, 11) is 3.34. The van der Waals surface area contributed by atoms with Crippen LogP contribution in [0.1, 0.15) is 15.9 Å². The first-order chi connectivity index (χ1) is 10.4. The van der Waals surface area contributed by atoms with Crippen molar-refractivity contribution in [2.45, 2.75) is 6.92 Å². The molecule has 1 amide bonds. The number of hydrogen-bond acceptors (Lipinski definition) is 4. The molecule has 2 rings (SSSR count). The Morgan fingerprint density at radius 1 is 1.14 bits per heavy atom. The van der Waals surface area contributed by atoms with E-state index < -0.39 is 4.92 Å². The van der Waals surface area contributed by atoms with Crippen LogP contribution >= 0.6 is 0 Å². The third kappa shape index (κ3) is 3.41. The molecule has 0 radical (unpaired) electrons. The minimum absolute atomic E-state index is 0.0894. The summed E-state index contributed by atoms with van der Waals surface area (Å²) in [5.74, 6) is 0.484. The molecule has 0 aromatic heterocycles. The molecule has 0 fully saturated rings. The number of carbonyl (C=O) groups excluding carboxylic acids is 1. The summed E-state index contributed by atoms with van der Waals surface area (Å²) in [6, 6.07) is 11.2. The predicted molar refractivity (Wildman–Crippen MR) is 82.4 cm³/mol. The SMILES string of the molecule is Cc1ccc(Oc2ccc(C(=O)N(C)C)cc2)c([N+](=O)[O-])c1. The average Bonchev–Trinajstić information content (AvgIpc) is 2.48. The summed E-state index contributed by atoms with van der Waals surface area (Å²) in [5.41, 5.74) is 1.22. The third-order valence-electron chi connectivity index (χ3n) is 3.05. The molecule has 6 nitrogen and oxygen atoms in total. The molecule has 2 aromatic rings. The van der Waals surface area contributed by atoms with E-state index in [1.807, 2.05) is 0 Å². The number of rotatable bonds is 4. The van der Waals surface area contributed by atoms with Gasteiger partial charge in [0.1, 0.15) is 5.75 Å². The van der Waals surface area contributed by atoms with E-state index in [0.29, 0.717) is 11.3 Å². The molecule has 0 N–H and O–H groups in total. The van der Waals surface area contributed by atoms with Crippen molar-refractivity contribution in [3.63, 3.8) is 0 Å². The van der Waals surface area contributed by atoms with Crippen LogP contribution in [0.15, 0.2) is 42.5 Å². The summed E-state index contributed by atoms with van der Waals surface area (Å²) in [6.07, 6.45) is 0. The van der Waals surface area contributed by atoms with Crippen LogP contribution in [0.2, 0.25) is 0 Å². The van der Waals surface area contributed by atoms with Crippen molar-refractivity contribution < 1.29 is 14.5 Å². The second-order valence-corrected chi connectivity index (χ2v) is 5.05. The first kappa shape index (κ1) is 15.5. The van der Waals surface area contributed by atoms with E-state index in [1.165, 1.54) is 11.0 Å². The van der Waals surface area contributed by atoms with Gasteiger partial charge in [-0.15, -0.1) is 0 Å². The fraction of sp³-hybridized carbons (Fsp3) is 0.188. The van der Waals surface area contributed by atoms with Crippen molar-refractivity contribution >= 4 is 11.6 Å². The summed E-state index contributed by atoms with van der Waals surface area (Å²) in [5, 5.41) is 11.1. The zero-order valence-corrected chi connectivity index (χ0v) is 12.6. The summed E-state index contributed by atoms with van der Waals surface area (Å²) in [4.78, 5) is 23.8. The number of amides is 1. The van der Waals surface area contributed by atoms with Gasteiger partial charge >= 0.3 is 5.69 Å². The smallest absolute Gasteiger partial charge is 0.311 e. The highest BCUT2D eigenvalue weighted by Gasteiger charge is 2.16. The molecule has 0 saturated carbocycles. The molecule has 0 aliphatic heterocycles. The highest BCUT2D eigenvalue weighted by molar-refractivity contribution is 5.93. The van der Waals surface area contributed by atoms with Gasteiger partial charge in [0, 0.05) is 25.7 Å². The standard InChI is InChI=1S/C16H16N2O4/c1-11-4-9-15(14(10-11)18(20)21)22-13-7-5-12(6-8-13)16(19)17(2)3/h4-10H,1-3H3. The Labute approximate surface area is 128 Å². The Morgan fingerprint density at radius 3 is 2.32 bits per heavy atom. The summed E-state index contributed by atoms with van der Waals surface area (Å²) >= 11 is 0. The van der Waals surface area contributed by atoms with Gasteiger partial charge in [0.2, 0.25) is 5.75 Å². The lowest BCUT2D eigenvalue weighted by Crippen LogP contribution is -2.21. The monoisotopic (exact) mass is 300 g/mol. The predicted octanol–water partition coefficient (Wildman–Crippen LogP) is 3.40. The molecular weight excluding hydrogens is 284 g/mol. The van der Waals surface area contributed by atoms with Crippen LogP contribution in [0.25, 0.3) is 0 Å². The zero-order valence-electron chi connectivity index (χ0n) is 12.6. The van der Waals surface area contributed by atoms with Gasteiger partial charge in [0.25, 0.3) is 5.91 Å². The average molecular weight is 300 g/mol.